The summed E-state index contributed by atoms with van der Waals surface area (Å²) in [7, 11) is -1.43. The van der Waals surface area contributed by atoms with E-state index in [4.69, 9.17) is 21.1 Å². The number of ether oxygens (including phenoxy) is 2. The van der Waals surface area contributed by atoms with Gasteiger partial charge in [-0.05, 0) is 75.6 Å². The van der Waals surface area contributed by atoms with E-state index in [1.54, 1.807) is 12.1 Å². The summed E-state index contributed by atoms with van der Waals surface area (Å²) in [5.74, 6) is -0.248. The average molecular weight is 630 g/mol. The summed E-state index contributed by atoms with van der Waals surface area (Å²) in [6.45, 7) is 7.09. The van der Waals surface area contributed by atoms with Gasteiger partial charge in [0.1, 0.15) is 12.6 Å². The zero-order valence-electron chi connectivity index (χ0n) is 25.5. The van der Waals surface area contributed by atoms with Crippen molar-refractivity contribution < 1.29 is 27.5 Å². The second-order valence-electron chi connectivity index (χ2n) is 11.0. The second-order valence-corrected chi connectivity index (χ2v) is 13.3. The van der Waals surface area contributed by atoms with Crippen molar-refractivity contribution in [2.24, 2.45) is 0 Å². The molecule has 11 heteroatoms. The van der Waals surface area contributed by atoms with E-state index < -0.39 is 34.1 Å². The molecule has 0 saturated carbocycles. The highest BCUT2D eigenvalue weighted by Gasteiger charge is 2.34. The first-order chi connectivity index (χ1) is 20.3. The predicted octanol–water partition coefficient (Wildman–Crippen LogP) is 5.32. The zero-order chi connectivity index (χ0) is 31.8. The minimum absolute atomic E-state index is 0.0961. The molecule has 1 atom stereocenters. The molecule has 0 spiro atoms. The zero-order valence-corrected chi connectivity index (χ0v) is 27.0. The molecule has 43 heavy (non-hydrogen) atoms. The molecule has 9 nitrogen and oxygen atoms in total. The van der Waals surface area contributed by atoms with Crippen LogP contribution in [0.15, 0.2) is 77.7 Å². The van der Waals surface area contributed by atoms with E-state index >= 15 is 0 Å². The van der Waals surface area contributed by atoms with Crippen LogP contribution >= 0.6 is 11.6 Å². The number of hydrogen-bond acceptors (Lipinski definition) is 6. The van der Waals surface area contributed by atoms with Crippen molar-refractivity contribution in [3.05, 3.63) is 83.4 Å². The van der Waals surface area contributed by atoms with Crippen molar-refractivity contribution in [1.29, 1.82) is 0 Å². The number of rotatable bonds is 13. The highest BCUT2D eigenvalue weighted by molar-refractivity contribution is 7.92. The third-order valence-electron chi connectivity index (χ3n) is 6.70. The van der Waals surface area contributed by atoms with Crippen molar-refractivity contribution in [3.63, 3.8) is 0 Å². The molecule has 3 rings (SSSR count). The maximum atomic E-state index is 14.2. The molecule has 0 bridgehead atoms. The number of anilines is 1. The standard InChI is InChI=1S/C32H40ClN3O6S/c1-7-27(31(38)34-32(2,3)4)35(20-19-23-11-9-8-10-12-23)30(37)22-36(25-15-13-24(33)14-16-25)43(39,40)26-17-18-28(41-5)29(21-26)42-6/h8-18,21,27H,7,19-20,22H2,1-6H3,(H,34,38)/t27-/m1/s1. The number of hydrogen-bond donors (Lipinski definition) is 1. The molecule has 0 saturated heterocycles. The largest absolute Gasteiger partial charge is 0.493 e. The van der Waals surface area contributed by atoms with E-state index in [1.165, 1.54) is 49.5 Å². The van der Waals surface area contributed by atoms with Crippen LogP contribution in [0.1, 0.15) is 39.7 Å². The van der Waals surface area contributed by atoms with Gasteiger partial charge in [0, 0.05) is 23.2 Å². The SMILES string of the molecule is CC[C@H](C(=O)NC(C)(C)C)N(CCc1ccccc1)C(=O)CN(c1ccc(Cl)cc1)S(=O)(=O)c1ccc(OC)c(OC)c1. The molecule has 1 N–H and O–H groups in total. The van der Waals surface area contributed by atoms with Gasteiger partial charge in [-0.25, -0.2) is 8.42 Å². The van der Waals surface area contributed by atoms with Crippen LogP contribution in [0.2, 0.25) is 5.02 Å². The molecule has 3 aromatic rings. The Morgan fingerprint density at radius 1 is 0.930 bits per heavy atom. The Labute approximate surface area is 259 Å². The molecule has 0 aromatic heterocycles. The first-order valence-electron chi connectivity index (χ1n) is 14.0. The quantitative estimate of drug-likeness (QED) is 0.275. The van der Waals surface area contributed by atoms with Gasteiger partial charge in [0.05, 0.1) is 24.8 Å². The number of benzene rings is 3. The number of carbonyl (C=O) groups is 2. The number of nitrogens with zero attached hydrogens (tertiary/aromatic N) is 2. The molecule has 0 fully saturated rings. The molecule has 0 heterocycles. The van der Waals surface area contributed by atoms with Crippen molar-refractivity contribution in [2.45, 2.75) is 57.0 Å². The number of carbonyl (C=O) groups excluding carboxylic acids is 2. The van der Waals surface area contributed by atoms with E-state index in [-0.39, 0.29) is 28.8 Å². The summed E-state index contributed by atoms with van der Waals surface area (Å²) in [4.78, 5) is 28.9. The Kier molecular flexibility index (Phi) is 11.5. The van der Waals surface area contributed by atoms with Crippen LogP contribution in [0, 0.1) is 0 Å². The van der Waals surface area contributed by atoms with Gasteiger partial charge in [0.25, 0.3) is 10.0 Å². The van der Waals surface area contributed by atoms with Crippen molar-refractivity contribution in [1.82, 2.24) is 10.2 Å². The summed E-state index contributed by atoms with van der Waals surface area (Å²) in [5, 5.41) is 3.38. The first-order valence-corrected chi connectivity index (χ1v) is 15.8. The molecule has 0 aliphatic rings. The molecular weight excluding hydrogens is 590 g/mol. The third kappa shape index (κ3) is 8.87. The molecule has 3 aromatic carbocycles. The van der Waals surface area contributed by atoms with E-state index in [9.17, 15) is 18.0 Å². The third-order valence-corrected chi connectivity index (χ3v) is 8.73. The highest BCUT2D eigenvalue weighted by atomic mass is 35.5. The van der Waals surface area contributed by atoms with Crippen LogP contribution in [0.4, 0.5) is 5.69 Å². The highest BCUT2D eigenvalue weighted by Crippen LogP contribution is 2.32. The van der Waals surface area contributed by atoms with Gasteiger partial charge in [0.2, 0.25) is 11.8 Å². The summed E-state index contributed by atoms with van der Waals surface area (Å²) < 4.78 is 39.9. The Morgan fingerprint density at radius 3 is 2.12 bits per heavy atom. The van der Waals surface area contributed by atoms with Gasteiger partial charge in [-0.15, -0.1) is 0 Å². The van der Waals surface area contributed by atoms with Gasteiger partial charge >= 0.3 is 0 Å². The number of amides is 2. The second kappa shape index (κ2) is 14.6. The molecule has 2 amide bonds. The molecule has 0 aliphatic carbocycles. The smallest absolute Gasteiger partial charge is 0.264 e. The predicted molar refractivity (Wildman–Crippen MR) is 169 cm³/mol. The van der Waals surface area contributed by atoms with Gasteiger partial charge < -0.3 is 19.7 Å². The molecule has 0 unspecified atom stereocenters. The summed E-state index contributed by atoms with van der Waals surface area (Å²) in [5.41, 5.74) is 0.701. The number of sulfonamides is 1. The molecule has 0 radical (unpaired) electrons. The number of nitrogens with one attached hydrogen (secondary N) is 1. The van der Waals surface area contributed by atoms with Gasteiger partial charge in [-0.1, -0.05) is 48.9 Å². The Bertz CT molecular complexity index is 1490. The normalized spacial score (nSPS) is 12.3. The van der Waals surface area contributed by atoms with Crippen LogP contribution < -0.4 is 19.1 Å². The molecule has 0 aliphatic heterocycles. The maximum absolute atomic E-state index is 14.2. The lowest BCUT2D eigenvalue weighted by atomic mass is 10.1. The lowest BCUT2D eigenvalue weighted by Crippen LogP contribution is -2.56. The van der Waals surface area contributed by atoms with Crippen LogP contribution in [0.25, 0.3) is 0 Å². The fourth-order valence-electron chi connectivity index (χ4n) is 4.59. The Balaban J connectivity index is 2.06. The van der Waals surface area contributed by atoms with Crippen LogP contribution in [-0.2, 0) is 26.0 Å². The molecule has 232 valence electrons. The van der Waals surface area contributed by atoms with E-state index in [0.29, 0.717) is 23.6 Å². The summed E-state index contributed by atoms with van der Waals surface area (Å²) in [6, 6.07) is 19.2. The minimum Gasteiger partial charge on any atom is -0.493 e. The van der Waals surface area contributed by atoms with Gasteiger partial charge in [-0.2, -0.15) is 0 Å². The maximum Gasteiger partial charge on any atom is 0.264 e. The topological polar surface area (TPSA) is 105 Å². The minimum atomic E-state index is -4.30. The monoisotopic (exact) mass is 629 g/mol. The fourth-order valence-corrected chi connectivity index (χ4v) is 6.15. The summed E-state index contributed by atoms with van der Waals surface area (Å²) >= 11 is 6.11. The Morgan fingerprint density at radius 2 is 1.56 bits per heavy atom. The van der Waals surface area contributed by atoms with E-state index in [1.807, 2.05) is 58.0 Å². The van der Waals surface area contributed by atoms with Crippen LogP contribution in [0.5, 0.6) is 11.5 Å². The van der Waals surface area contributed by atoms with E-state index in [2.05, 4.69) is 5.32 Å². The summed E-state index contributed by atoms with van der Waals surface area (Å²) in [6.07, 6.45) is 0.821. The average Bonchev–Trinajstić information content (AvgIpc) is 2.97. The molecular formula is C32H40ClN3O6S. The number of methoxy groups -OCH3 is 2. The van der Waals surface area contributed by atoms with Crippen molar-refractivity contribution >= 4 is 39.1 Å². The lowest BCUT2D eigenvalue weighted by molar-refractivity contribution is -0.140. The van der Waals surface area contributed by atoms with Crippen LogP contribution in [0.3, 0.4) is 0 Å². The van der Waals surface area contributed by atoms with Crippen LogP contribution in [-0.4, -0.2) is 64.0 Å². The van der Waals surface area contributed by atoms with E-state index in [0.717, 1.165) is 9.87 Å². The van der Waals surface area contributed by atoms with Gasteiger partial charge in [-0.3, -0.25) is 13.9 Å². The first kappa shape index (κ1) is 33.7. The fraction of sp³-hybridized carbons (Fsp3) is 0.375. The van der Waals surface area contributed by atoms with Gasteiger partial charge in [0.15, 0.2) is 11.5 Å². The lowest BCUT2D eigenvalue weighted by Gasteiger charge is -2.34. The van der Waals surface area contributed by atoms with Crippen molar-refractivity contribution in [3.8, 4) is 11.5 Å². The van der Waals surface area contributed by atoms with Crippen molar-refractivity contribution in [2.75, 3.05) is 31.6 Å². The number of halogens is 1. The Hall–Kier alpha value is -3.76.